The zero-order valence-corrected chi connectivity index (χ0v) is 10.3. The van der Waals surface area contributed by atoms with Crippen molar-refractivity contribution in [3.05, 3.63) is 35.9 Å². The van der Waals surface area contributed by atoms with Crippen LogP contribution in [0.4, 0.5) is 0 Å². The molecule has 1 aliphatic rings. The third-order valence-corrected chi connectivity index (χ3v) is 3.86. The van der Waals surface area contributed by atoms with E-state index in [0.29, 0.717) is 0 Å². The van der Waals surface area contributed by atoms with Crippen LogP contribution >= 0.6 is 23.2 Å². The molecule has 0 aliphatic heterocycles. The highest BCUT2D eigenvalue weighted by Crippen LogP contribution is 2.64. The van der Waals surface area contributed by atoms with Gasteiger partial charge < -0.3 is 4.74 Å². The molecule has 1 fully saturated rings. The largest absolute Gasteiger partial charge is 0.465 e. The average Bonchev–Trinajstić information content (AvgIpc) is 2.79. The average molecular weight is 259 g/mol. The number of hydrogen-bond donors (Lipinski definition) is 0. The molecule has 0 N–H and O–H groups in total. The van der Waals surface area contributed by atoms with Crippen molar-refractivity contribution in [3.63, 3.8) is 0 Å². The first-order valence-electron chi connectivity index (χ1n) is 5.09. The van der Waals surface area contributed by atoms with E-state index in [2.05, 4.69) is 0 Å². The van der Waals surface area contributed by atoms with Crippen molar-refractivity contribution < 1.29 is 9.53 Å². The van der Waals surface area contributed by atoms with E-state index < -0.39 is 4.33 Å². The Balaban J connectivity index is 2.05. The van der Waals surface area contributed by atoms with Crippen molar-refractivity contribution >= 4 is 29.2 Å². The Morgan fingerprint density at radius 2 is 2.00 bits per heavy atom. The Labute approximate surface area is 104 Å². The normalized spacial score (nSPS) is 26.2. The molecule has 0 bridgehead atoms. The highest BCUT2D eigenvalue weighted by Gasteiger charge is 2.64. The quantitative estimate of drug-likeness (QED) is 0.615. The second kappa shape index (κ2) is 4.27. The number of carbonyl (C=O) groups is 1. The van der Waals surface area contributed by atoms with E-state index in [4.69, 9.17) is 27.9 Å². The number of halogens is 2. The van der Waals surface area contributed by atoms with Gasteiger partial charge in [0.05, 0.1) is 6.61 Å². The van der Waals surface area contributed by atoms with E-state index in [1.54, 1.807) is 0 Å². The van der Waals surface area contributed by atoms with Crippen molar-refractivity contribution in [1.29, 1.82) is 0 Å². The van der Waals surface area contributed by atoms with Crippen molar-refractivity contribution in [3.8, 4) is 0 Å². The van der Waals surface area contributed by atoms with E-state index in [0.717, 1.165) is 5.56 Å². The van der Waals surface area contributed by atoms with Crippen LogP contribution in [0.3, 0.4) is 0 Å². The van der Waals surface area contributed by atoms with Gasteiger partial charge in [0.15, 0.2) is 0 Å². The summed E-state index contributed by atoms with van der Waals surface area (Å²) < 4.78 is 4.14. The second-order valence-corrected chi connectivity index (χ2v) is 5.42. The standard InChI is InChI=1S/C12H12Cl2O2/c1-8(15)16-7-10-11(12(10,13)14)9-5-3-2-4-6-9/h2-6,10-11H,7H2,1H3. The van der Waals surface area contributed by atoms with Crippen LogP contribution in [0.1, 0.15) is 18.4 Å². The van der Waals surface area contributed by atoms with E-state index >= 15 is 0 Å². The number of carbonyl (C=O) groups excluding carboxylic acids is 1. The molecular weight excluding hydrogens is 247 g/mol. The van der Waals surface area contributed by atoms with Gasteiger partial charge in [0, 0.05) is 18.8 Å². The van der Waals surface area contributed by atoms with Crippen molar-refractivity contribution in [2.75, 3.05) is 6.61 Å². The first-order chi connectivity index (χ1) is 7.53. The smallest absolute Gasteiger partial charge is 0.302 e. The van der Waals surface area contributed by atoms with Crippen molar-refractivity contribution in [2.45, 2.75) is 17.2 Å². The molecule has 0 spiro atoms. The Hall–Kier alpha value is -0.730. The maximum absolute atomic E-state index is 10.7. The fourth-order valence-electron chi connectivity index (χ4n) is 1.92. The molecule has 1 aromatic rings. The van der Waals surface area contributed by atoms with Gasteiger partial charge in [-0.3, -0.25) is 4.79 Å². The minimum absolute atomic E-state index is 0.0119. The fraction of sp³-hybridized carbons (Fsp3) is 0.417. The molecule has 1 aliphatic carbocycles. The summed E-state index contributed by atoms with van der Waals surface area (Å²) in [6.45, 7) is 1.66. The van der Waals surface area contributed by atoms with Crippen LogP contribution in [-0.4, -0.2) is 16.9 Å². The van der Waals surface area contributed by atoms with Crippen LogP contribution in [0.15, 0.2) is 30.3 Å². The lowest BCUT2D eigenvalue weighted by atomic mass is 10.1. The lowest BCUT2D eigenvalue weighted by Crippen LogP contribution is -2.05. The van der Waals surface area contributed by atoms with Crippen molar-refractivity contribution in [1.82, 2.24) is 0 Å². The van der Waals surface area contributed by atoms with E-state index in [9.17, 15) is 4.79 Å². The topological polar surface area (TPSA) is 26.3 Å². The first-order valence-corrected chi connectivity index (χ1v) is 5.85. The molecule has 2 rings (SSSR count). The third-order valence-electron chi connectivity index (χ3n) is 2.83. The van der Waals surface area contributed by atoms with Crippen LogP contribution in [0.25, 0.3) is 0 Å². The van der Waals surface area contributed by atoms with Crippen LogP contribution in [0.2, 0.25) is 0 Å². The van der Waals surface area contributed by atoms with Gasteiger partial charge in [-0.1, -0.05) is 30.3 Å². The summed E-state index contributed by atoms with van der Waals surface area (Å²) in [5, 5.41) is 0. The monoisotopic (exact) mass is 258 g/mol. The van der Waals surface area contributed by atoms with E-state index in [1.807, 2.05) is 30.3 Å². The number of rotatable bonds is 3. The molecule has 2 nitrogen and oxygen atoms in total. The molecule has 16 heavy (non-hydrogen) atoms. The van der Waals surface area contributed by atoms with Crippen LogP contribution in [0.5, 0.6) is 0 Å². The lowest BCUT2D eigenvalue weighted by Gasteiger charge is -2.00. The molecule has 0 aromatic heterocycles. The predicted octanol–water partition coefficient (Wildman–Crippen LogP) is 3.14. The molecule has 86 valence electrons. The number of esters is 1. The van der Waals surface area contributed by atoms with Gasteiger partial charge in [-0.2, -0.15) is 0 Å². The minimum atomic E-state index is -0.809. The Morgan fingerprint density at radius 1 is 1.38 bits per heavy atom. The summed E-state index contributed by atoms with van der Waals surface area (Å²) >= 11 is 12.3. The Bertz CT molecular complexity index is 389. The number of hydrogen-bond acceptors (Lipinski definition) is 2. The van der Waals surface area contributed by atoms with Gasteiger partial charge in [0.2, 0.25) is 0 Å². The summed E-state index contributed by atoms with van der Waals surface area (Å²) in [5.41, 5.74) is 1.09. The molecule has 0 saturated heterocycles. The fourth-order valence-corrected chi connectivity index (χ4v) is 2.73. The SMILES string of the molecule is CC(=O)OCC1C(c2ccccc2)C1(Cl)Cl. The van der Waals surface area contributed by atoms with Crippen molar-refractivity contribution in [2.24, 2.45) is 5.92 Å². The Morgan fingerprint density at radius 3 is 2.56 bits per heavy atom. The first kappa shape index (κ1) is 11.7. The highest BCUT2D eigenvalue weighted by molar-refractivity contribution is 6.52. The van der Waals surface area contributed by atoms with Gasteiger partial charge in [-0.05, 0) is 5.56 Å². The molecule has 0 heterocycles. The third kappa shape index (κ3) is 2.18. The molecule has 0 radical (unpaired) electrons. The van der Waals surface area contributed by atoms with Gasteiger partial charge in [0.1, 0.15) is 4.33 Å². The second-order valence-electron chi connectivity index (χ2n) is 3.97. The summed E-state index contributed by atoms with van der Waals surface area (Å²) in [6, 6.07) is 9.80. The van der Waals surface area contributed by atoms with E-state index in [1.165, 1.54) is 6.92 Å². The summed E-state index contributed by atoms with van der Waals surface area (Å²) in [7, 11) is 0. The number of ether oxygens (including phenoxy) is 1. The molecular formula is C12H12Cl2O2. The summed E-state index contributed by atoms with van der Waals surface area (Å²) in [5.74, 6) is -0.263. The maximum Gasteiger partial charge on any atom is 0.302 e. The summed E-state index contributed by atoms with van der Waals surface area (Å²) in [6.07, 6.45) is 0. The van der Waals surface area contributed by atoms with Gasteiger partial charge in [-0.15, -0.1) is 23.2 Å². The van der Waals surface area contributed by atoms with Gasteiger partial charge in [0.25, 0.3) is 0 Å². The van der Waals surface area contributed by atoms with Crippen LogP contribution < -0.4 is 0 Å². The minimum Gasteiger partial charge on any atom is -0.465 e. The molecule has 4 heteroatoms. The summed E-state index contributed by atoms with van der Waals surface area (Å²) in [4.78, 5) is 10.7. The zero-order chi connectivity index (χ0) is 11.8. The van der Waals surface area contributed by atoms with Gasteiger partial charge >= 0.3 is 5.97 Å². The predicted molar refractivity (Wildman–Crippen MR) is 63.7 cm³/mol. The van der Waals surface area contributed by atoms with Crippen LogP contribution in [-0.2, 0) is 9.53 Å². The van der Waals surface area contributed by atoms with Crippen LogP contribution in [0, 0.1) is 5.92 Å². The Kier molecular flexibility index (Phi) is 3.13. The molecule has 1 aromatic carbocycles. The molecule has 1 saturated carbocycles. The lowest BCUT2D eigenvalue weighted by molar-refractivity contribution is -0.141. The number of alkyl halides is 2. The molecule has 2 unspecified atom stereocenters. The highest BCUT2D eigenvalue weighted by atomic mass is 35.5. The molecule has 0 amide bonds. The number of benzene rings is 1. The zero-order valence-electron chi connectivity index (χ0n) is 8.82. The molecule has 2 atom stereocenters. The van der Waals surface area contributed by atoms with E-state index in [-0.39, 0.29) is 24.4 Å². The maximum atomic E-state index is 10.7. The van der Waals surface area contributed by atoms with Gasteiger partial charge in [-0.25, -0.2) is 0 Å².